The molecule has 5 fully saturated rings. The van der Waals surface area contributed by atoms with Crippen molar-refractivity contribution in [2.45, 2.75) is 50.7 Å². The molecule has 2 amide bonds. The second-order valence-corrected chi connectivity index (χ2v) is 10.2. The highest BCUT2D eigenvalue weighted by Gasteiger charge is 2.59. The Morgan fingerprint density at radius 3 is 2.61 bits per heavy atom. The van der Waals surface area contributed by atoms with E-state index in [0.29, 0.717) is 19.0 Å². The number of carbonyl (C=O) groups is 2. The molecule has 8 heteroatoms. The first-order valence-corrected chi connectivity index (χ1v) is 11.4. The number of nitrogens with one attached hydrogen (secondary N) is 1. The maximum absolute atomic E-state index is 13.0. The van der Waals surface area contributed by atoms with Crippen LogP contribution in [0.3, 0.4) is 0 Å². The van der Waals surface area contributed by atoms with Crippen LogP contribution < -0.4 is 11.4 Å². The van der Waals surface area contributed by atoms with Crippen LogP contribution in [0.15, 0.2) is 29.1 Å². The molecule has 1 saturated heterocycles. The van der Waals surface area contributed by atoms with Crippen LogP contribution in [0.4, 0.5) is 4.79 Å². The standard InChI is InChI=1S/C23H28N4O4/c24-20(28)23-9-13-7-14(10-23)19(15(8-13)11-23)31-22(30)26-6-5-16(12-26)27-18-4-2-1-3-17(18)25-21(27)29/h1-4,13-16,19H,5-12H2,(H2,24,28)(H,25,29)/t13?,14-,15?,16-,19?,23-/m0/s1. The second-order valence-electron chi connectivity index (χ2n) is 10.2. The summed E-state index contributed by atoms with van der Waals surface area (Å²) >= 11 is 0. The number of hydrogen-bond donors (Lipinski definition) is 2. The molecule has 31 heavy (non-hydrogen) atoms. The van der Waals surface area contributed by atoms with Gasteiger partial charge in [-0.1, -0.05) is 12.1 Å². The highest BCUT2D eigenvalue weighted by atomic mass is 16.6. The van der Waals surface area contributed by atoms with E-state index in [2.05, 4.69) is 4.98 Å². The Hall–Kier alpha value is -2.77. The number of benzene rings is 1. The summed E-state index contributed by atoms with van der Waals surface area (Å²) in [6.07, 6.45) is 4.77. The third-order valence-electron chi connectivity index (χ3n) is 8.36. The molecule has 1 aliphatic heterocycles. The quantitative estimate of drug-likeness (QED) is 0.788. The number of H-pyrrole nitrogens is 1. The molecular formula is C23H28N4O4. The summed E-state index contributed by atoms with van der Waals surface area (Å²) in [5.74, 6) is 0.822. The SMILES string of the molecule is NC(=O)[C@]12CC3CC(C1)C(OC(=O)N1CC[C@H](n4c(=O)[nH]c5ccccc54)C1)[C@@H](C3)C2. The maximum Gasteiger partial charge on any atom is 0.410 e. The van der Waals surface area contributed by atoms with Gasteiger partial charge in [-0.05, 0) is 68.4 Å². The highest BCUT2D eigenvalue weighted by molar-refractivity contribution is 5.81. The first-order chi connectivity index (χ1) is 14.9. The van der Waals surface area contributed by atoms with Gasteiger partial charge in [0.05, 0.1) is 22.5 Å². The molecule has 6 atom stereocenters. The molecule has 1 aromatic heterocycles. The van der Waals surface area contributed by atoms with Crippen molar-refractivity contribution in [1.29, 1.82) is 0 Å². The molecule has 4 saturated carbocycles. The molecule has 4 bridgehead atoms. The molecule has 8 nitrogen and oxygen atoms in total. The Morgan fingerprint density at radius 2 is 1.87 bits per heavy atom. The lowest BCUT2D eigenvalue weighted by Gasteiger charge is -2.58. The Morgan fingerprint density at radius 1 is 1.13 bits per heavy atom. The van der Waals surface area contributed by atoms with Crippen molar-refractivity contribution in [3.05, 3.63) is 34.7 Å². The van der Waals surface area contributed by atoms with E-state index in [-0.39, 0.29) is 47.1 Å². The number of para-hydroxylation sites is 2. The summed E-state index contributed by atoms with van der Waals surface area (Å²) in [5, 5.41) is 0. The predicted molar refractivity (Wildman–Crippen MR) is 113 cm³/mol. The van der Waals surface area contributed by atoms with E-state index in [1.54, 1.807) is 9.47 Å². The average molecular weight is 425 g/mol. The van der Waals surface area contributed by atoms with Crippen LogP contribution in [-0.4, -0.2) is 45.6 Å². The number of carbonyl (C=O) groups excluding carboxylic acids is 2. The van der Waals surface area contributed by atoms with Crippen molar-refractivity contribution in [2.24, 2.45) is 28.9 Å². The number of aromatic amines is 1. The minimum atomic E-state index is -0.380. The summed E-state index contributed by atoms with van der Waals surface area (Å²) in [4.78, 5) is 42.3. The van der Waals surface area contributed by atoms with Crippen LogP contribution >= 0.6 is 0 Å². The fourth-order valence-electron chi connectivity index (χ4n) is 7.22. The van der Waals surface area contributed by atoms with Crippen LogP contribution in [0.25, 0.3) is 11.0 Å². The number of likely N-dealkylation sites (tertiary alicyclic amines) is 1. The molecule has 3 unspecified atom stereocenters. The van der Waals surface area contributed by atoms with E-state index < -0.39 is 0 Å². The Balaban J connectivity index is 1.16. The number of rotatable bonds is 3. The van der Waals surface area contributed by atoms with Gasteiger partial charge in [0.2, 0.25) is 5.91 Å². The largest absolute Gasteiger partial charge is 0.446 e. The molecule has 164 valence electrons. The Labute approximate surface area is 179 Å². The zero-order valence-corrected chi connectivity index (χ0v) is 17.5. The van der Waals surface area contributed by atoms with Crippen molar-refractivity contribution < 1.29 is 14.3 Å². The molecule has 2 heterocycles. The van der Waals surface area contributed by atoms with Crippen LogP contribution in [0.2, 0.25) is 0 Å². The van der Waals surface area contributed by atoms with Gasteiger partial charge >= 0.3 is 11.8 Å². The number of nitrogens with two attached hydrogens (primary N) is 1. The lowest BCUT2D eigenvalue weighted by Crippen LogP contribution is -2.59. The van der Waals surface area contributed by atoms with Crippen LogP contribution in [0.5, 0.6) is 0 Å². The van der Waals surface area contributed by atoms with E-state index in [9.17, 15) is 14.4 Å². The molecule has 3 N–H and O–H groups in total. The van der Waals surface area contributed by atoms with Crippen molar-refractivity contribution in [3.63, 3.8) is 0 Å². The fraction of sp³-hybridized carbons (Fsp3) is 0.609. The fourth-order valence-corrected chi connectivity index (χ4v) is 7.22. The summed E-state index contributed by atoms with van der Waals surface area (Å²) in [6, 6.07) is 7.57. The van der Waals surface area contributed by atoms with E-state index in [1.165, 1.54) is 0 Å². The summed E-state index contributed by atoms with van der Waals surface area (Å²) in [7, 11) is 0. The number of imidazole rings is 1. The number of amides is 2. The van der Waals surface area contributed by atoms with Gasteiger partial charge in [-0.3, -0.25) is 9.36 Å². The van der Waals surface area contributed by atoms with Gasteiger partial charge in [0.1, 0.15) is 6.10 Å². The molecule has 1 aromatic carbocycles. The first kappa shape index (κ1) is 19.0. The number of hydrogen-bond acceptors (Lipinski definition) is 4. The minimum Gasteiger partial charge on any atom is -0.446 e. The average Bonchev–Trinajstić information content (AvgIpc) is 3.33. The zero-order valence-electron chi connectivity index (χ0n) is 17.5. The van der Waals surface area contributed by atoms with E-state index in [1.807, 2.05) is 24.3 Å². The number of fused-ring (bicyclic) bond motifs is 1. The Bertz CT molecular complexity index is 1100. The number of ether oxygens (including phenoxy) is 1. The second kappa shape index (κ2) is 6.61. The topological polar surface area (TPSA) is 110 Å². The number of nitrogens with zero attached hydrogens (tertiary/aromatic N) is 2. The number of aromatic nitrogens is 2. The van der Waals surface area contributed by atoms with Crippen molar-refractivity contribution in [2.75, 3.05) is 13.1 Å². The third-order valence-corrected chi connectivity index (χ3v) is 8.36. The van der Waals surface area contributed by atoms with Crippen molar-refractivity contribution in [1.82, 2.24) is 14.5 Å². The van der Waals surface area contributed by atoms with Crippen molar-refractivity contribution >= 4 is 23.0 Å². The Kier molecular flexibility index (Phi) is 4.04. The van der Waals surface area contributed by atoms with Gasteiger partial charge in [0.25, 0.3) is 0 Å². The smallest absolute Gasteiger partial charge is 0.410 e. The van der Waals surface area contributed by atoms with Gasteiger partial charge in [-0.15, -0.1) is 0 Å². The lowest BCUT2D eigenvalue weighted by atomic mass is 9.48. The van der Waals surface area contributed by atoms with Gasteiger partial charge < -0.3 is 20.4 Å². The van der Waals surface area contributed by atoms with Gasteiger partial charge in [0.15, 0.2) is 0 Å². The third kappa shape index (κ3) is 2.83. The van der Waals surface area contributed by atoms with Crippen LogP contribution in [-0.2, 0) is 9.53 Å². The van der Waals surface area contributed by atoms with E-state index in [4.69, 9.17) is 10.5 Å². The lowest BCUT2D eigenvalue weighted by molar-refractivity contribution is -0.161. The number of primary amides is 1. The molecular weight excluding hydrogens is 396 g/mol. The normalized spacial score (nSPS) is 36.3. The summed E-state index contributed by atoms with van der Waals surface area (Å²) in [6.45, 7) is 1.04. The van der Waals surface area contributed by atoms with Gasteiger partial charge in [-0.2, -0.15) is 0 Å². The molecule has 0 radical (unpaired) electrons. The summed E-state index contributed by atoms with van der Waals surface area (Å²) < 4.78 is 7.82. The molecule has 5 aliphatic rings. The predicted octanol–water partition coefficient (Wildman–Crippen LogP) is 2.39. The van der Waals surface area contributed by atoms with Gasteiger partial charge in [-0.25, -0.2) is 9.59 Å². The maximum atomic E-state index is 13.0. The van der Waals surface area contributed by atoms with Crippen LogP contribution in [0.1, 0.15) is 44.6 Å². The van der Waals surface area contributed by atoms with Gasteiger partial charge in [0, 0.05) is 13.1 Å². The molecule has 2 aromatic rings. The molecule has 7 rings (SSSR count). The monoisotopic (exact) mass is 424 g/mol. The van der Waals surface area contributed by atoms with Crippen molar-refractivity contribution in [3.8, 4) is 0 Å². The summed E-state index contributed by atoms with van der Waals surface area (Å²) in [5.41, 5.74) is 6.92. The zero-order chi connectivity index (χ0) is 21.3. The molecule has 0 spiro atoms. The van der Waals surface area contributed by atoms with Crippen LogP contribution in [0, 0.1) is 23.2 Å². The highest BCUT2D eigenvalue weighted by Crippen LogP contribution is 2.60. The molecule has 4 aliphatic carbocycles. The minimum absolute atomic E-state index is 0.0622. The van der Waals surface area contributed by atoms with E-state index >= 15 is 0 Å². The van der Waals surface area contributed by atoms with E-state index in [0.717, 1.165) is 49.6 Å². The first-order valence-electron chi connectivity index (χ1n) is 11.4.